The van der Waals surface area contributed by atoms with Gasteiger partial charge in [-0.25, -0.2) is 4.79 Å². The van der Waals surface area contributed by atoms with Crippen LogP contribution in [-0.2, 0) is 4.74 Å². The molecule has 1 aromatic rings. The molecule has 3 nitrogen and oxygen atoms in total. The lowest BCUT2D eigenvalue weighted by molar-refractivity contribution is 0.0425. The molecular formula is C11H11NO2S. The summed E-state index contributed by atoms with van der Waals surface area (Å²) in [7, 11) is 0. The highest BCUT2D eigenvalue weighted by Gasteiger charge is 2.43. The zero-order valence-corrected chi connectivity index (χ0v) is 9.05. The van der Waals surface area contributed by atoms with Gasteiger partial charge in [-0.3, -0.25) is 0 Å². The van der Waals surface area contributed by atoms with E-state index in [-0.39, 0.29) is 11.4 Å². The molecule has 1 fully saturated rings. The van der Waals surface area contributed by atoms with Crippen molar-refractivity contribution in [1.29, 1.82) is 5.26 Å². The molecule has 15 heavy (non-hydrogen) atoms. The first kappa shape index (κ1) is 10.2. The van der Waals surface area contributed by atoms with Gasteiger partial charge in [-0.15, -0.1) is 11.3 Å². The van der Waals surface area contributed by atoms with Crippen LogP contribution in [0.1, 0.15) is 28.9 Å². The summed E-state index contributed by atoms with van der Waals surface area (Å²) in [4.78, 5) is 12.1. The number of nitrogens with zero attached hydrogens (tertiary/aromatic N) is 1. The maximum atomic E-state index is 11.5. The second-order valence-corrected chi connectivity index (χ2v) is 4.84. The lowest BCUT2D eigenvalue weighted by Crippen LogP contribution is -2.14. The minimum atomic E-state index is -0.269. The van der Waals surface area contributed by atoms with Crippen LogP contribution in [0.3, 0.4) is 0 Å². The number of hydrogen-bond donors (Lipinski definition) is 0. The summed E-state index contributed by atoms with van der Waals surface area (Å²) in [6.07, 6.45) is 2.49. The molecule has 1 aromatic heterocycles. The van der Waals surface area contributed by atoms with Crippen LogP contribution in [0.15, 0.2) is 17.5 Å². The minimum Gasteiger partial charge on any atom is -0.461 e. The smallest absolute Gasteiger partial charge is 0.348 e. The number of esters is 1. The van der Waals surface area contributed by atoms with Crippen LogP contribution < -0.4 is 0 Å². The Balaban J connectivity index is 1.84. The van der Waals surface area contributed by atoms with E-state index in [1.165, 1.54) is 11.3 Å². The Kier molecular flexibility index (Phi) is 2.74. The molecule has 1 aliphatic carbocycles. The summed E-state index contributed by atoms with van der Waals surface area (Å²) in [5, 5.41) is 10.4. The van der Waals surface area contributed by atoms with Crippen LogP contribution >= 0.6 is 11.3 Å². The Morgan fingerprint density at radius 3 is 3.00 bits per heavy atom. The second kappa shape index (κ2) is 4.03. The van der Waals surface area contributed by atoms with E-state index in [9.17, 15) is 4.79 Å². The van der Waals surface area contributed by atoms with E-state index in [1.807, 2.05) is 11.4 Å². The Hall–Kier alpha value is -1.34. The van der Waals surface area contributed by atoms with Gasteiger partial charge in [0.05, 0.1) is 12.7 Å². The van der Waals surface area contributed by atoms with E-state index in [0.29, 0.717) is 17.9 Å². The average Bonchev–Trinajstić information content (AvgIpc) is 2.81. The van der Waals surface area contributed by atoms with Crippen molar-refractivity contribution in [2.45, 2.75) is 19.3 Å². The lowest BCUT2D eigenvalue weighted by atomic mass is 10.1. The van der Waals surface area contributed by atoms with E-state index in [0.717, 1.165) is 12.8 Å². The molecule has 0 bridgehead atoms. The average molecular weight is 221 g/mol. The van der Waals surface area contributed by atoms with Crippen molar-refractivity contribution in [3.05, 3.63) is 22.4 Å². The molecular weight excluding hydrogens is 210 g/mol. The van der Waals surface area contributed by atoms with Gasteiger partial charge in [-0.05, 0) is 24.3 Å². The van der Waals surface area contributed by atoms with Gasteiger partial charge in [0.15, 0.2) is 0 Å². The number of nitriles is 1. The SMILES string of the molecule is N#CCC1(COC(=O)c2cccs2)CC1. The van der Waals surface area contributed by atoms with Gasteiger partial charge in [-0.2, -0.15) is 5.26 Å². The van der Waals surface area contributed by atoms with E-state index in [1.54, 1.807) is 6.07 Å². The first-order valence-corrected chi connectivity index (χ1v) is 5.71. The van der Waals surface area contributed by atoms with Crippen molar-refractivity contribution in [2.75, 3.05) is 6.61 Å². The molecule has 0 atom stereocenters. The van der Waals surface area contributed by atoms with Gasteiger partial charge in [0.1, 0.15) is 4.88 Å². The molecule has 4 heteroatoms. The predicted octanol–water partition coefficient (Wildman–Crippen LogP) is 2.60. The van der Waals surface area contributed by atoms with Crippen molar-refractivity contribution in [2.24, 2.45) is 5.41 Å². The first-order chi connectivity index (χ1) is 7.26. The molecule has 0 unspecified atom stereocenters. The van der Waals surface area contributed by atoms with Crippen LogP contribution in [0.5, 0.6) is 0 Å². The summed E-state index contributed by atoms with van der Waals surface area (Å²) < 4.78 is 5.19. The summed E-state index contributed by atoms with van der Waals surface area (Å²) in [5.41, 5.74) is -0.0261. The molecule has 2 rings (SSSR count). The van der Waals surface area contributed by atoms with Gasteiger partial charge in [0.25, 0.3) is 0 Å². The summed E-state index contributed by atoms with van der Waals surface area (Å²) in [6, 6.07) is 5.71. The topological polar surface area (TPSA) is 50.1 Å². The second-order valence-electron chi connectivity index (χ2n) is 3.89. The molecule has 0 N–H and O–H groups in total. The molecule has 0 saturated heterocycles. The third kappa shape index (κ3) is 2.37. The molecule has 78 valence electrons. The standard InChI is InChI=1S/C11H11NO2S/c12-6-5-11(3-4-11)8-14-10(13)9-2-1-7-15-9/h1-2,7H,3-5,8H2. The molecule has 0 radical (unpaired) electrons. The van der Waals surface area contributed by atoms with E-state index in [4.69, 9.17) is 10.00 Å². The third-order valence-corrected chi connectivity index (χ3v) is 3.49. The van der Waals surface area contributed by atoms with Gasteiger partial charge in [0.2, 0.25) is 0 Å². The number of carbonyl (C=O) groups is 1. The zero-order valence-electron chi connectivity index (χ0n) is 8.23. The third-order valence-electron chi connectivity index (χ3n) is 2.64. The largest absolute Gasteiger partial charge is 0.461 e. The fourth-order valence-corrected chi connectivity index (χ4v) is 2.02. The van der Waals surface area contributed by atoms with Gasteiger partial charge in [-0.1, -0.05) is 6.07 Å². The Morgan fingerprint density at radius 1 is 1.67 bits per heavy atom. The molecule has 1 saturated carbocycles. The molecule has 1 aliphatic rings. The van der Waals surface area contributed by atoms with Crippen molar-refractivity contribution >= 4 is 17.3 Å². The highest BCUT2D eigenvalue weighted by molar-refractivity contribution is 7.11. The van der Waals surface area contributed by atoms with Crippen LogP contribution in [0.2, 0.25) is 0 Å². The lowest BCUT2D eigenvalue weighted by Gasteiger charge is -2.10. The maximum absolute atomic E-state index is 11.5. The van der Waals surface area contributed by atoms with Gasteiger partial charge < -0.3 is 4.74 Å². The van der Waals surface area contributed by atoms with Crippen LogP contribution in [-0.4, -0.2) is 12.6 Å². The number of carbonyl (C=O) groups excluding carboxylic acids is 1. The quantitative estimate of drug-likeness (QED) is 0.734. The van der Waals surface area contributed by atoms with Crippen molar-refractivity contribution in [3.63, 3.8) is 0 Å². The van der Waals surface area contributed by atoms with Gasteiger partial charge in [0, 0.05) is 11.8 Å². The Bertz CT molecular complexity index is 387. The maximum Gasteiger partial charge on any atom is 0.348 e. The summed E-state index contributed by atoms with van der Waals surface area (Å²) >= 11 is 1.38. The Morgan fingerprint density at radius 2 is 2.47 bits per heavy atom. The fourth-order valence-electron chi connectivity index (χ4n) is 1.40. The molecule has 0 aliphatic heterocycles. The molecule has 1 heterocycles. The molecule has 0 aromatic carbocycles. The highest BCUT2D eigenvalue weighted by atomic mass is 32.1. The Labute approximate surface area is 92.3 Å². The van der Waals surface area contributed by atoms with Crippen molar-refractivity contribution in [3.8, 4) is 6.07 Å². The van der Waals surface area contributed by atoms with E-state index < -0.39 is 0 Å². The summed E-state index contributed by atoms with van der Waals surface area (Å²) in [5.74, 6) is -0.269. The van der Waals surface area contributed by atoms with Crippen LogP contribution in [0, 0.1) is 16.7 Å². The highest BCUT2D eigenvalue weighted by Crippen LogP contribution is 2.48. The van der Waals surface area contributed by atoms with E-state index >= 15 is 0 Å². The first-order valence-electron chi connectivity index (χ1n) is 4.83. The summed E-state index contributed by atoms with van der Waals surface area (Å²) in [6.45, 7) is 0.386. The van der Waals surface area contributed by atoms with E-state index in [2.05, 4.69) is 6.07 Å². The van der Waals surface area contributed by atoms with Crippen molar-refractivity contribution in [1.82, 2.24) is 0 Å². The monoisotopic (exact) mass is 221 g/mol. The predicted molar refractivity (Wildman–Crippen MR) is 56.5 cm³/mol. The van der Waals surface area contributed by atoms with Crippen LogP contribution in [0.25, 0.3) is 0 Å². The number of ether oxygens (including phenoxy) is 1. The fraction of sp³-hybridized carbons (Fsp3) is 0.455. The normalized spacial score (nSPS) is 16.7. The number of thiophene rings is 1. The zero-order chi connectivity index (χ0) is 10.7. The number of hydrogen-bond acceptors (Lipinski definition) is 4. The van der Waals surface area contributed by atoms with Gasteiger partial charge >= 0.3 is 5.97 Å². The van der Waals surface area contributed by atoms with Crippen molar-refractivity contribution < 1.29 is 9.53 Å². The minimum absolute atomic E-state index is 0.0261. The van der Waals surface area contributed by atoms with Crippen LogP contribution in [0.4, 0.5) is 0 Å². The molecule has 0 spiro atoms. The molecule has 0 amide bonds. The number of rotatable bonds is 4.